The van der Waals surface area contributed by atoms with E-state index in [0.29, 0.717) is 12.0 Å². The highest BCUT2D eigenvalue weighted by molar-refractivity contribution is 5.55. The number of benzene rings is 1. The van der Waals surface area contributed by atoms with Crippen LogP contribution in [-0.4, -0.2) is 19.1 Å². The summed E-state index contributed by atoms with van der Waals surface area (Å²) in [5.74, 6) is 2.92. The molecule has 3 rings (SSSR count). The Morgan fingerprint density at radius 2 is 1.86 bits per heavy atom. The number of nitrogens with two attached hydrogens (primary N) is 1. The first-order valence-corrected chi connectivity index (χ1v) is 8.63. The Balaban J connectivity index is 1.78. The Morgan fingerprint density at radius 3 is 2.62 bits per heavy atom. The summed E-state index contributed by atoms with van der Waals surface area (Å²) >= 11 is 0. The summed E-state index contributed by atoms with van der Waals surface area (Å²) in [7, 11) is 0. The van der Waals surface area contributed by atoms with E-state index in [2.05, 4.69) is 49.9 Å². The van der Waals surface area contributed by atoms with Gasteiger partial charge in [0.05, 0.1) is 0 Å². The van der Waals surface area contributed by atoms with Crippen LogP contribution in [0.4, 0.5) is 5.69 Å². The molecular formula is C19H30N2. The first-order valence-electron chi connectivity index (χ1n) is 8.63. The van der Waals surface area contributed by atoms with E-state index in [1.807, 2.05) is 0 Å². The third-order valence-electron chi connectivity index (χ3n) is 5.59. The predicted molar refractivity (Wildman–Crippen MR) is 90.6 cm³/mol. The van der Waals surface area contributed by atoms with Crippen LogP contribution in [0.2, 0.25) is 0 Å². The van der Waals surface area contributed by atoms with E-state index >= 15 is 0 Å². The van der Waals surface area contributed by atoms with E-state index in [0.717, 1.165) is 24.3 Å². The van der Waals surface area contributed by atoms with Crippen molar-refractivity contribution in [3.63, 3.8) is 0 Å². The molecule has 2 N–H and O–H groups in total. The quantitative estimate of drug-likeness (QED) is 0.898. The van der Waals surface area contributed by atoms with Crippen LogP contribution in [0.1, 0.15) is 39.2 Å². The second kappa shape index (κ2) is 6.00. The van der Waals surface area contributed by atoms with Gasteiger partial charge in [-0.05, 0) is 54.6 Å². The number of para-hydroxylation sites is 1. The molecule has 1 aliphatic carbocycles. The van der Waals surface area contributed by atoms with Crippen molar-refractivity contribution in [2.45, 2.75) is 46.1 Å². The third kappa shape index (κ3) is 3.11. The summed E-state index contributed by atoms with van der Waals surface area (Å²) in [4.78, 5) is 2.61. The highest BCUT2D eigenvalue weighted by Gasteiger charge is 2.34. The molecule has 1 fully saturated rings. The summed E-state index contributed by atoms with van der Waals surface area (Å²) in [6.07, 6.45) is 3.75. The van der Waals surface area contributed by atoms with Gasteiger partial charge in [-0.25, -0.2) is 0 Å². The average molecular weight is 286 g/mol. The maximum atomic E-state index is 6.50. The largest absolute Gasteiger partial charge is 0.371 e. The van der Waals surface area contributed by atoms with Crippen LogP contribution in [0, 0.1) is 23.7 Å². The molecule has 1 aliphatic heterocycles. The van der Waals surface area contributed by atoms with E-state index < -0.39 is 0 Å². The van der Waals surface area contributed by atoms with Gasteiger partial charge >= 0.3 is 0 Å². The fourth-order valence-electron chi connectivity index (χ4n) is 4.62. The van der Waals surface area contributed by atoms with Crippen molar-refractivity contribution in [2.75, 3.05) is 18.0 Å². The van der Waals surface area contributed by atoms with Gasteiger partial charge in [-0.2, -0.15) is 0 Å². The maximum absolute atomic E-state index is 6.50. The van der Waals surface area contributed by atoms with E-state index in [-0.39, 0.29) is 0 Å². The molecule has 0 saturated heterocycles. The molecule has 2 nitrogen and oxygen atoms in total. The van der Waals surface area contributed by atoms with Crippen LogP contribution in [0.15, 0.2) is 24.3 Å². The van der Waals surface area contributed by atoms with Crippen LogP contribution in [0.5, 0.6) is 0 Å². The lowest BCUT2D eigenvalue weighted by Gasteiger charge is -2.43. The Morgan fingerprint density at radius 1 is 1.10 bits per heavy atom. The van der Waals surface area contributed by atoms with Crippen LogP contribution in [0.3, 0.4) is 0 Å². The minimum Gasteiger partial charge on any atom is -0.371 e. The zero-order chi connectivity index (χ0) is 15.0. The lowest BCUT2D eigenvalue weighted by molar-refractivity contribution is 0.175. The molecule has 1 aromatic carbocycles. The molecule has 5 atom stereocenters. The standard InChI is InChI=1S/C19H30N2/c1-13-8-15(3)17(18(20)10-13)12-21-11-14(2)9-16-6-4-5-7-19(16)21/h4-7,13-15,17-18H,8-12,20H2,1-3H3. The van der Waals surface area contributed by atoms with Crippen molar-refractivity contribution in [3.05, 3.63) is 29.8 Å². The highest BCUT2D eigenvalue weighted by Crippen LogP contribution is 2.36. The lowest BCUT2D eigenvalue weighted by atomic mass is 9.72. The average Bonchev–Trinajstić information content (AvgIpc) is 2.42. The first-order chi connectivity index (χ1) is 10.0. The van der Waals surface area contributed by atoms with Gasteiger partial charge in [-0.1, -0.05) is 39.0 Å². The monoisotopic (exact) mass is 286 g/mol. The van der Waals surface area contributed by atoms with Gasteiger partial charge in [0.2, 0.25) is 0 Å². The van der Waals surface area contributed by atoms with Gasteiger partial charge in [0.15, 0.2) is 0 Å². The molecule has 1 heterocycles. The zero-order valence-corrected chi connectivity index (χ0v) is 13.8. The number of hydrogen-bond acceptors (Lipinski definition) is 2. The number of nitrogens with zero attached hydrogens (tertiary/aromatic N) is 1. The number of anilines is 1. The maximum Gasteiger partial charge on any atom is 0.0399 e. The molecular weight excluding hydrogens is 256 g/mol. The topological polar surface area (TPSA) is 29.3 Å². The smallest absolute Gasteiger partial charge is 0.0399 e. The van der Waals surface area contributed by atoms with E-state index in [9.17, 15) is 0 Å². The fourth-order valence-corrected chi connectivity index (χ4v) is 4.62. The van der Waals surface area contributed by atoms with Crippen molar-refractivity contribution in [1.82, 2.24) is 0 Å². The van der Waals surface area contributed by atoms with Crippen molar-refractivity contribution in [3.8, 4) is 0 Å². The summed E-state index contributed by atoms with van der Waals surface area (Å²) in [6, 6.07) is 9.31. The Kier molecular flexibility index (Phi) is 4.26. The van der Waals surface area contributed by atoms with Crippen molar-refractivity contribution < 1.29 is 0 Å². The van der Waals surface area contributed by atoms with Crippen LogP contribution >= 0.6 is 0 Å². The van der Waals surface area contributed by atoms with Gasteiger partial charge in [0.25, 0.3) is 0 Å². The second-order valence-corrected chi connectivity index (χ2v) is 7.72. The van der Waals surface area contributed by atoms with Gasteiger partial charge in [-0.15, -0.1) is 0 Å². The van der Waals surface area contributed by atoms with Crippen molar-refractivity contribution in [2.24, 2.45) is 29.4 Å². The van der Waals surface area contributed by atoms with Crippen LogP contribution < -0.4 is 10.6 Å². The molecule has 0 spiro atoms. The molecule has 1 aromatic rings. The molecule has 2 aliphatic rings. The molecule has 0 amide bonds. The Labute approximate surface area is 129 Å². The number of fused-ring (bicyclic) bond motifs is 1. The third-order valence-corrected chi connectivity index (χ3v) is 5.59. The van der Waals surface area contributed by atoms with Gasteiger partial charge in [0.1, 0.15) is 0 Å². The fraction of sp³-hybridized carbons (Fsp3) is 0.684. The molecule has 21 heavy (non-hydrogen) atoms. The molecule has 0 bridgehead atoms. The second-order valence-electron chi connectivity index (χ2n) is 7.72. The minimum atomic E-state index is 0.369. The van der Waals surface area contributed by atoms with Crippen LogP contribution in [0.25, 0.3) is 0 Å². The van der Waals surface area contributed by atoms with E-state index in [1.165, 1.54) is 37.1 Å². The van der Waals surface area contributed by atoms with Crippen molar-refractivity contribution in [1.29, 1.82) is 0 Å². The number of hydrogen-bond donors (Lipinski definition) is 1. The summed E-state index contributed by atoms with van der Waals surface area (Å²) < 4.78 is 0. The SMILES string of the molecule is CC1CC(C)C(CN2CC(C)Cc3ccccc32)C(N)C1. The normalized spacial score (nSPS) is 36.4. The minimum absolute atomic E-state index is 0.369. The van der Waals surface area contributed by atoms with Crippen LogP contribution in [-0.2, 0) is 6.42 Å². The predicted octanol–water partition coefficient (Wildman–Crippen LogP) is 3.69. The highest BCUT2D eigenvalue weighted by atomic mass is 15.1. The first kappa shape index (κ1) is 14.9. The molecule has 5 unspecified atom stereocenters. The molecule has 0 radical (unpaired) electrons. The molecule has 0 aromatic heterocycles. The number of rotatable bonds is 2. The van der Waals surface area contributed by atoms with Gasteiger partial charge < -0.3 is 10.6 Å². The van der Waals surface area contributed by atoms with Gasteiger partial charge in [0, 0.05) is 24.8 Å². The summed E-state index contributed by atoms with van der Waals surface area (Å²) in [6.45, 7) is 9.44. The zero-order valence-electron chi connectivity index (χ0n) is 13.8. The van der Waals surface area contributed by atoms with Crippen molar-refractivity contribution >= 4 is 5.69 Å². The molecule has 1 saturated carbocycles. The van der Waals surface area contributed by atoms with Gasteiger partial charge in [-0.3, -0.25) is 0 Å². The van der Waals surface area contributed by atoms with E-state index in [4.69, 9.17) is 5.73 Å². The summed E-state index contributed by atoms with van der Waals surface area (Å²) in [5, 5.41) is 0. The van der Waals surface area contributed by atoms with E-state index in [1.54, 1.807) is 0 Å². The molecule has 116 valence electrons. The molecule has 2 heteroatoms. The Bertz CT molecular complexity index is 472. The lowest BCUT2D eigenvalue weighted by Crippen LogP contribution is -2.48. The summed E-state index contributed by atoms with van der Waals surface area (Å²) in [5.41, 5.74) is 9.47. The Hall–Kier alpha value is -1.02.